The Kier molecular flexibility index (Phi) is 11.1. The van der Waals surface area contributed by atoms with Crippen LogP contribution in [0, 0.1) is 0 Å². The van der Waals surface area contributed by atoms with Gasteiger partial charge in [0.15, 0.2) is 5.96 Å². The van der Waals surface area contributed by atoms with Crippen LogP contribution < -0.4 is 15.4 Å². The lowest BCUT2D eigenvalue weighted by Gasteiger charge is -2.15. The van der Waals surface area contributed by atoms with Gasteiger partial charge in [-0.3, -0.25) is 9.79 Å². The van der Waals surface area contributed by atoms with E-state index in [1.807, 2.05) is 42.2 Å². The summed E-state index contributed by atoms with van der Waals surface area (Å²) < 4.78 is 5.19. The number of nitrogens with one attached hydrogen (secondary N) is 2. The number of halogens is 2. The van der Waals surface area contributed by atoms with E-state index in [4.69, 9.17) is 16.3 Å². The fraction of sp³-hybridized carbons (Fsp3) is 0.417. The van der Waals surface area contributed by atoms with Gasteiger partial charge in [0.1, 0.15) is 5.75 Å². The van der Waals surface area contributed by atoms with Gasteiger partial charge >= 0.3 is 0 Å². The lowest BCUT2D eigenvalue weighted by molar-refractivity contribution is -0.131. The number of guanidine groups is 1. The zero-order valence-electron chi connectivity index (χ0n) is 18.7. The maximum Gasteiger partial charge on any atom is 0.223 e. The number of carbonyl (C=O) groups excluding carboxylic acids is 1. The van der Waals surface area contributed by atoms with Crippen molar-refractivity contribution in [2.45, 2.75) is 39.3 Å². The van der Waals surface area contributed by atoms with Gasteiger partial charge in [0.25, 0.3) is 0 Å². The van der Waals surface area contributed by atoms with Crippen LogP contribution in [0.2, 0.25) is 5.02 Å². The molecule has 0 saturated heterocycles. The molecule has 0 aromatic heterocycles. The molecule has 0 saturated carbocycles. The number of rotatable bonds is 9. The minimum Gasteiger partial charge on any atom is -0.497 e. The van der Waals surface area contributed by atoms with E-state index < -0.39 is 0 Å². The first kappa shape index (κ1) is 26.3. The molecular formula is C24H32ClIN4O2. The lowest BCUT2D eigenvalue weighted by Crippen LogP contribution is -2.38. The normalized spacial score (nSPS) is 12.7. The van der Waals surface area contributed by atoms with Crippen molar-refractivity contribution in [3.05, 3.63) is 64.2 Å². The molecule has 0 spiro atoms. The van der Waals surface area contributed by atoms with Crippen molar-refractivity contribution in [2.75, 3.05) is 26.7 Å². The molecule has 1 heterocycles. The Morgan fingerprint density at radius 3 is 2.50 bits per heavy atom. The van der Waals surface area contributed by atoms with Crippen molar-refractivity contribution in [2.24, 2.45) is 4.99 Å². The molecule has 3 rings (SSSR count). The highest BCUT2D eigenvalue weighted by atomic mass is 127. The molecule has 0 bridgehead atoms. The van der Waals surface area contributed by atoms with Crippen LogP contribution in [0.1, 0.15) is 36.5 Å². The Hall–Kier alpha value is -2.00. The van der Waals surface area contributed by atoms with Crippen LogP contribution in [-0.4, -0.2) is 43.5 Å². The largest absolute Gasteiger partial charge is 0.497 e. The van der Waals surface area contributed by atoms with Gasteiger partial charge < -0.3 is 20.3 Å². The Morgan fingerprint density at radius 1 is 1.16 bits per heavy atom. The number of benzene rings is 2. The Balaban J connectivity index is 0.00000363. The number of hydrogen-bond donors (Lipinski definition) is 2. The Morgan fingerprint density at radius 2 is 1.88 bits per heavy atom. The van der Waals surface area contributed by atoms with Gasteiger partial charge in [-0.2, -0.15) is 0 Å². The number of amides is 1. The molecule has 6 nitrogen and oxygen atoms in total. The number of nitrogens with zero attached hydrogens (tertiary/aromatic N) is 2. The van der Waals surface area contributed by atoms with Crippen molar-refractivity contribution >= 4 is 47.4 Å². The van der Waals surface area contributed by atoms with Gasteiger partial charge in [0.05, 0.1) is 7.11 Å². The van der Waals surface area contributed by atoms with Gasteiger partial charge in [-0.25, -0.2) is 0 Å². The molecule has 8 heteroatoms. The second kappa shape index (κ2) is 13.5. The van der Waals surface area contributed by atoms with Crippen molar-refractivity contribution < 1.29 is 9.53 Å². The molecule has 32 heavy (non-hydrogen) atoms. The summed E-state index contributed by atoms with van der Waals surface area (Å²) in [7, 11) is 1.63. The van der Waals surface area contributed by atoms with E-state index in [0.29, 0.717) is 24.5 Å². The summed E-state index contributed by atoms with van der Waals surface area (Å²) in [5, 5.41) is 7.28. The average Bonchev–Trinajstić information content (AvgIpc) is 3.22. The number of aliphatic imine (C=N–C) groups is 1. The summed E-state index contributed by atoms with van der Waals surface area (Å²) >= 11 is 6.31. The molecular weight excluding hydrogens is 539 g/mol. The predicted octanol–water partition coefficient (Wildman–Crippen LogP) is 4.39. The van der Waals surface area contributed by atoms with Crippen LogP contribution in [0.25, 0.3) is 0 Å². The molecule has 174 valence electrons. The van der Waals surface area contributed by atoms with E-state index in [1.165, 1.54) is 11.1 Å². The SMILES string of the molecule is CCNC(=NCCCC(=O)N1Cc2ccccc2C1)NCCc1ccc(OC)cc1Cl.I. The van der Waals surface area contributed by atoms with Crippen LogP contribution in [-0.2, 0) is 24.3 Å². The first-order valence-electron chi connectivity index (χ1n) is 10.8. The minimum atomic E-state index is 0. The van der Waals surface area contributed by atoms with E-state index in [-0.39, 0.29) is 29.9 Å². The lowest BCUT2D eigenvalue weighted by atomic mass is 10.1. The fourth-order valence-corrected chi connectivity index (χ4v) is 3.87. The number of hydrogen-bond acceptors (Lipinski definition) is 3. The standard InChI is InChI=1S/C24H31ClN4O2.HI/c1-3-26-24(28-14-12-18-10-11-21(31-2)15-22(18)25)27-13-6-9-23(30)29-16-19-7-4-5-8-20(19)17-29;/h4-5,7-8,10-11,15H,3,6,9,12-14,16-17H2,1-2H3,(H2,26,27,28);1H. The van der Waals surface area contributed by atoms with Crippen LogP contribution in [0.4, 0.5) is 0 Å². The zero-order valence-corrected chi connectivity index (χ0v) is 21.8. The third kappa shape index (κ3) is 7.55. The van der Waals surface area contributed by atoms with Crippen LogP contribution in [0.15, 0.2) is 47.5 Å². The number of carbonyl (C=O) groups is 1. The highest BCUT2D eigenvalue weighted by molar-refractivity contribution is 14.0. The minimum absolute atomic E-state index is 0. The summed E-state index contributed by atoms with van der Waals surface area (Å²) in [6.07, 6.45) is 2.02. The molecule has 1 aliphatic rings. The third-order valence-electron chi connectivity index (χ3n) is 5.30. The highest BCUT2D eigenvalue weighted by Crippen LogP contribution is 2.23. The topological polar surface area (TPSA) is 66.0 Å². The van der Waals surface area contributed by atoms with Gasteiger partial charge in [0, 0.05) is 44.2 Å². The quantitative estimate of drug-likeness (QED) is 0.203. The summed E-state index contributed by atoms with van der Waals surface area (Å²) in [4.78, 5) is 19.0. The number of methoxy groups -OCH3 is 1. The molecule has 2 aromatic rings. The molecule has 0 fully saturated rings. The third-order valence-corrected chi connectivity index (χ3v) is 5.66. The molecule has 2 aromatic carbocycles. The summed E-state index contributed by atoms with van der Waals surface area (Å²) in [6.45, 7) is 5.56. The van der Waals surface area contributed by atoms with Crippen molar-refractivity contribution in [3.63, 3.8) is 0 Å². The maximum absolute atomic E-state index is 12.5. The van der Waals surface area contributed by atoms with E-state index in [1.54, 1.807) is 7.11 Å². The highest BCUT2D eigenvalue weighted by Gasteiger charge is 2.22. The number of fused-ring (bicyclic) bond motifs is 1. The van der Waals surface area contributed by atoms with E-state index in [9.17, 15) is 4.79 Å². The van der Waals surface area contributed by atoms with Gasteiger partial charge in [-0.1, -0.05) is 41.9 Å². The van der Waals surface area contributed by atoms with Gasteiger partial charge in [-0.05, 0) is 48.6 Å². The smallest absolute Gasteiger partial charge is 0.223 e. The summed E-state index contributed by atoms with van der Waals surface area (Å²) in [6, 6.07) is 14.0. The fourth-order valence-electron chi connectivity index (χ4n) is 3.60. The van der Waals surface area contributed by atoms with Crippen LogP contribution in [0.3, 0.4) is 0 Å². The molecule has 0 radical (unpaired) electrons. The molecule has 0 atom stereocenters. The van der Waals surface area contributed by atoms with Crippen LogP contribution in [0.5, 0.6) is 5.75 Å². The zero-order chi connectivity index (χ0) is 22.1. The van der Waals surface area contributed by atoms with E-state index in [0.717, 1.165) is 49.7 Å². The molecule has 0 aliphatic carbocycles. The summed E-state index contributed by atoms with van der Waals surface area (Å²) in [5.74, 6) is 1.70. The maximum atomic E-state index is 12.5. The predicted molar refractivity (Wildman–Crippen MR) is 141 cm³/mol. The van der Waals surface area contributed by atoms with E-state index >= 15 is 0 Å². The average molecular weight is 571 g/mol. The monoisotopic (exact) mass is 570 g/mol. The van der Waals surface area contributed by atoms with E-state index in [2.05, 4.69) is 27.8 Å². The molecule has 1 aliphatic heterocycles. The molecule has 0 unspecified atom stereocenters. The van der Waals surface area contributed by atoms with Crippen LogP contribution >= 0.6 is 35.6 Å². The Labute approximate surface area is 212 Å². The Bertz CT molecular complexity index is 898. The second-order valence-electron chi connectivity index (χ2n) is 7.52. The van der Waals surface area contributed by atoms with Crippen molar-refractivity contribution in [3.8, 4) is 5.75 Å². The van der Waals surface area contributed by atoms with Crippen molar-refractivity contribution in [1.29, 1.82) is 0 Å². The van der Waals surface area contributed by atoms with Gasteiger partial charge in [-0.15, -0.1) is 24.0 Å². The number of ether oxygens (including phenoxy) is 1. The molecule has 1 amide bonds. The summed E-state index contributed by atoms with van der Waals surface area (Å²) in [5.41, 5.74) is 3.57. The first-order valence-corrected chi connectivity index (χ1v) is 11.2. The van der Waals surface area contributed by atoms with Crippen molar-refractivity contribution in [1.82, 2.24) is 15.5 Å². The first-order chi connectivity index (χ1) is 15.1. The second-order valence-corrected chi connectivity index (χ2v) is 7.92. The molecule has 2 N–H and O–H groups in total. The van der Waals surface area contributed by atoms with Gasteiger partial charge in [0.2, 0.25) is 5.91 Å².